The molecule has 1 aliphatic heterocycles. The van der Waals surface area contributed by atoms with Gasteiger partial charge in [-0.2, -0.15) is 5.10 Å². The number of aliphatic hydroxyl groups is 1. The van der Waals surface area contributed by atoms with Gasteiger partial charge in [-0.25, -0.2) is 4.98 Å². The number of nitrogens with zero attached hydrogens (tertiary/aromatic N) is 6. The molecular weight excluding hydrogens is 642 g/mol. The summed E-state index contributed by atoms with van der Waals surface area (Å²) in [7, 11) is 0. The number of nitrogens with two attached hydrogens (primary N) is 1. The van der Waals surface area contributed by atoms with Gasteiger partial charge >= 0.3 is 0 Å². The largest absolute Gasteiger partial charge is 0.391 e. The van der Waals surface area contributed by atoms with Gasteiger partial charge in [0.2, 0.25) is 17.7 Å². The van der Waals surface area contributed by atoms with E-state index in [9.17, 15) is 19.5 Å². The number of nitrogen functional groups attached to an aromatic ring is 1. The highest BCUT2D eigenvalue weighted by atomic mass is 35.5. The van der Waals surface area contributed by atoms with Gasteiger partial charge in [0.15, 0.2) is 11.0 Å². The molecule has 5 rings (SSSR count). The van der Waals surface area contributed by atoms with Crippen molar-refractivity contribution in [3.63, 3.8) is 0 Å². The number of aliphatic hydroxyl groups excluding tert-OH is 1. The second kappa shape index (κ2) is 13.8. The molecule has 248 valence electrons. The molecule has 13 nitrogen and oxygen atoms in total. The average molecular weight is 680 g/mol. The van der Waals surface area contributed by atoms with Crippen molar-refractivity contribution in [1.82, 2.24) is 40.5 Å². The van der Waals surface area contributed by atoms with Crippen LogP contribution in [0.2, 0.25) is 5.15 Å². The normalized spacial score (nSPS) is 17.7. The quantitative estimate of drug-likeness (QED) is 0.206. The number of halogens is 1. The molecule has 0 bridgehead atoms. The summed E-state index contributed by atoms with van der Waals surface area (Å²) >= 11 is 7.53. The summed E-state index contributed by atoms with van der Waals surface area (Å²) in [6, 6.07) is 7.23. The highest BCUT2D eigenvalue weighted by Crippen LogP contribution is 2.30. The fraction of sp³-hybridized carbons (Fsp3) is 0.406. The first kappa shape index (κ1) is 33.9. The Morgan fingerprint density at radius 3 is 2.53 bits per heavy atom. The van der Waals surface area contributed by atoms with Crippen LogP contribution in [-0.4, -0.2) is 77.4 Å². The number of aryl methyl sites for hydroxylation is 1. The van der Waals surface area contributed by atoms with Crippen LogP contribution in [0.4, 0.5) is 5.82 Å². The first-order chi connectivity index (χ1) is 22.2. The van der Waals surface area contributed by atoms with Gasteiger partial charge in [-0.3, -0.25) is 19.1 Å². The van der Waals surface area contributed by atoms with Gasteiger partial charge in [0, 0.05) is 30.3 Å². The van der Waals surface area contributed by atoms with Crippen LogP contribution in [0.15, 0.2) is 48.2 Å². The van der Waals surface area contributed by atoms with E-state index in [0.29, 0.717) is 11.1 Å². The lowest BCUT2D eigenvalue weighted by atomic mass is 9.85. The molecule has 3 amide bonds. The number of aromatic nitrogens is 5. The summed E-state index contributed by atoms with van der Waals surface area (Å²) in [4.78, 5) is 47.5. The zero-order valence-corrected chi connectivity index (χ0v) is 28.3. The Kier molecular flexibility index (Phi) is 9.94. The SMILES string of the molecule is Cc1ncsc1-c1ccc(C(C)NC(=O)[C@@H]2C[C@@H](O)CN2C(=O)C(NC(=O)Cn2cc(-c3cc(Cl)nnc3N)cn2)C(C)(C)C)cc1. The van der Waals surface area contributed by atoms with Crippen molar-refractivity contribution in [2.24, 2.45) is 5.41 Å². The van der Waals surface area contributed by atoms with Gasteiger partial charge in [-0.15, -0.1) is 21.5 Å². The molecule has 4 heterocycles. The second-order valence-electron chi connectivity index (χ2n) is 12.8. The van der Waals surface area contributed by atoms with Crippen LogP contribution in [0.1, 0.15) is 51.4 Å². The zero-order chi connectivity index (χ0) is 34.0. The highest BCUT2D eigenvalue weighted by molar-refractivity contribution is 7.13. The Morgan fingerprint density at radius 1 is 1.15 bits per heavy atom. The van der Waals surface area contributed by atoms with E-state index < -0.39 is 35.4 Å². The van der Waals surface area contributed by atoms with Crippen molar-refractivity contribution in [2.75, 3.05) is 12.3 Å². The third-order valence-electron chi connectivity index (χ3n) is 8.10. The lowest BCUT2D eigenvalue weighted by molar-refractivity contribution is -0.144. The topological polar surface area (TPSA) is 181 Å². The fourth-order valence-electron chi connectivity index (χ4n) is 5.57. The number of hydrogen-bond acceptors (Lipinski definition) is 10. The maximum Gasteiger partial charge on any atom is 0.246 e. The van der Waals surface area contributed by atoms with Crippen LogP contribution in [0, 0.1) is 12.3 Å². The number of carbonyl (C=O) groups excluding carboxylic acids is 3. The minimum absolute atomic E-state index is 0.0247. The molecule has 1 fully saturated rings. The molecule has 1 aromatic carbocycles. The Balaban J connectivity index is 1.25. The Bertz CT molecular complexity index is 1770. The molecule has 4 aromatic rings. The van der Waals surface area contributed by atoms with Crippen LogP contribution < -0.4 is 16.4 Å². The van der Waals surface area contributed by atoms with Crippen LogP contribution in [-0.2, 0) is 20.9 Å². The van der Waals surface area contributed by atoms with E-state index in [1.54, 1.807) is 23.6 Å². The number of anilines is 1. The Morgan fingerprint density at radius 2 is 1.87 bits per heavy atom. The van der Waals surface area contributed by atoms with E-state index in [1.165, 1.54) is 15.8 Å². The first-order valence-corrected chi connectivity index (χ1v) is 16.4. The predicted molar refractivity (Wildman–Crippen MR) is 179 cm³/mol. The van der Waals surface area contributed by atoms with Crippen molar-refractivity contribution in [3.8, 4) is 21.6 Å². The summed E-state index contributed by atoms with van der Waals surface area (Å²) in [6.45, 7) is 9.10. The third kappa shape index (κ3) is 7.77. The van der Waals surface area contributed by atoms with Crippen LogP contribution in [0.3, 0.4) is 0 Å². The van der Waals surface area contributed by atoms with Gasteiger partial charge in [0.05, 0.1) is 34.4 Å². The van der Waals surface area contributed by atoms with E-state index in [4.69, 9.17) is 17.3 Å². The number of likely N-dealkylation sites (tertiary alicyclic amines) is 1. The number of nitrogens with one attached hydrogen (secondary N) is 2. The molecule has 15 heteroatoms. The summed E-state index contributed by atoms with van der Waals surface area (Å²) in [6.07, 6.45) is 2.35. The lowest BCUT2D eigenvalue weighted by Crippen LogP contribution is -2.58. The first-order valence-electron chi connectivity index (χ1n) is 15.1. The van der Waals surface area contributed by atoms with Gasteiger partial charge in [-0.05, 0) is 36.5 Å². The minimum Gasteiger partial charge on any atom is -0.391 e. The van der Waals surface area contributed by atoms with E-state index in [2.05, 4.69) is 30.9 Å². The molecule has 1 aliphatic rings. The number of thiazole rings is 1. The Labute approximate surface area is 281 Å². The highest BCUT2D eigenvalue weighted by Gasteiger charge is 2.44. The number of benzene rings is 1. The molecule has 5 N–H and O–H groups in total. The van der Waals surface area contributed by atoms with E-state index in [1.807, 2.05) is 64.4 Å². The van der Waals surface area contributed by atoms with Gasteiger partial charge in [0.1, 0.15) is 18.6 Å². The summed E-state index contributed by atoms with van der Waals surface area (Å²) < 4.78 is 1.41. The predicted octanol–water partition coefficient (Wildman–Crippen LogP) is 3.38. The molecule has 0 radical (unpaired) electrons. The maximum absolute atomic E-state index is 14.0. The van der Waals surface area contributed by atoms with Gasteiger partial charge in [-0.1, -0.05) is 56.6 Å². The van der Waals surface area contributed by atoms with E-state index >= 15 is 0 Å². The van der Waals surface area contributed by atoms with Gasteiger partial charge < -0.3 is 26.4 Å². The number of amides is 3. The maximum atomic E-state index is 14.0. The molecule has 0 aliphatic carbocycles. The van der Waals surface area contributed by atoms with Crippen molar-refractivity contribution >= 4 is 46.5 Å². The third-order valence-corrected chi connectivity index (χ3v) is 9.27. The summed E-state index contributed by atoms with van der Waals surface area (Å²) in [5.74, 6) is -1.13. The fourth-order valence-corrected chi connectivity index (χ4v) is 6.53. The molecule has 3 aromatic heterocycles. The summed E-state index contributed by atoms with van der Waals surface area (Å²) in [5, 5.41) is 28.3. The Hall–Kier alpha value is -4.40. The van der Waals surface area contributed by atoms with Crippen LogP contribution in [0.25, 0.3) is 21.6 Å². The molecule has 1 saturated heterocycles. The van der Waals surface area contributed by atoms with Crippen molar-refractivity contribution in [2.45, 2.75) is 71.8 Å². The number of rotatable bonds is 9. The van der Waals surface area contributed by atoms with Crippen molar-refractivity contribution in [3.05, 3.63) is 64.6 Å². The number of hydrogen-bond donors (Lipinski definition) is 4. The average Bonchev–Trinajstić information content (AvgIpc) is 3.76. The van der Waals surface area contributed by atoms with E-state index in [0.717, 1.165) is 21.7 Å². The number of β-amino-alcohol motifs (C(OH)–C–C–N with tert-alkyl or cyclic N) is 1. The van der Waals surface area contributed by atoms with Gasteiger partial charge in [0.25, 0.3) is 0 Å². The standard InChI is InChI=1S/C32H38ClN9O4S/c1-17(19-6-8-20(9-7-19)27-18(2)35-16-47-27)37-30(45)24-10-22(43)14-42(24)31(46)28(32(3,4)5)38-26(44)15-41-13-21(12-36-41)23-11-25(33)39-40-29(23)34/h6-9,11-13,16-17,22,24,28,43H,10,14-15H2,1-5H3,(H2,34,40)(H,37,45)(H,38,44)/t17?,22-,24+,28?/m1/s1. The molecule has 4 atom stereocenters. The van der Waals surface area contributed by atoms with Crippen LogP contribution >= 0.6 is 22.9 Å². The summed E-state index contributed by atoms with van der Waals surface area (Å²) in [5.41, 5.74) is 11.0. The smallest absolute Gasteiger partial charge is 0.246 e. The lowest BCUT2D eigenvalue weighted by Gasteiger charge is -2.35. The zero-order valence-electron chi connectivity index (χ0n) is 26.8. The molecule has 0 saturated carbocycles. The monoisotopic (exact) mass is 679 g/mol. The molecule has 0 spiro atoms. The second-order valence-corrected chi connectivity index (χ2v) is 14.0. The molecule has 47 heavy (non-hydrogen) atoms. The van der Waals surface area contributed by atoms with E-state index in [-0.39, 0.29) is 42.4 Å². The molecular formula is C32H38ClN9O4S. The molecule has 2 unspecified atom stereocenters. The van der Waals surface area contributed by atoms with Crippen molar-refractivity contribution in [1.29, 1.82) is 0 Å². The number of carbonyl (C=O) groups is 3. The van der Waals surface area contributed by atoms with Crippen molar-refractivity contribution < 1.29 is 19.5 Å². The minimum atomic E-state index is -0.982. The van der Waals surface area contributed by atoms with Crippen LogP contribution in [0.5, 0.6) is 0 Å².